The van der Waals surface area contributed by atoms with E-state index >= 15 is 0 Å². The molecule has 2 rings (SSSR count). The van der Waals surface area contributed by atoms with Crippen LogP contribution in [-0.4, -0.2) is 10.0 Å². The fourth-order valence-corrected chi connectivity index (χ4v) is 2.08. The summed E-state index contributed by atoms with van der Waals surface area (Å²) in [5, 5.41) is 23.9. The van der Waals surface area contributed by atoms with Crippen LogP contribution in [0.2, 0.25) is 0 Å². The van der Waals surface area contributed by atoms with E-state index < -0.39 is 4.92 Å². The SMILES string of the molecule is Cc1ccc(NC(C)c2ccccc2O)cc1[N+](=O)[O-]. The zero-order chi connectivity index (χ0) is 14.7. The van der Waals surface area contributed by atoms with Gasteiger partial charge in [-0.1, -0.05) is 24.3 Å². The minimum absolute atomic E-state index is 0.0829. The highest BCUT2D eigenvalue weighted by Gasteiger charge is 2.14. The molecule has 0 spiro atoms. The number of anilines is 1. The lowest BCUT2D eigenvalue weighted by molar-refractivity contribution is -0.385. The molecule has 0 bridgehead atoms. The van der Waals surface area contributed by atoms with Gasteiger partial charge in [0, 0.05) is 22.9 Å². The predicted molar refractivity (Wildman–Crippen MR) is 78.0 cm³/mol. The van der Waals surface area contributed by atoms with Crippen LogP contribution >= 0.6 is 0 Å². The molecule has 0 aliphatic rings. The maximum atomic E-state index is 10.9. The molecule has 0 heterocycles. The third kappa shape index (κ3) is 2.88. The number of aromatic hydroxyl groups is 1. The van der Waals surface area contributed by atoms with Crippen LogP contribution in [0, 0.1) is 17.0 Å². The standard InChI is InChI=1S/C15H16N2O3/c1-10-7-8-12(9-14(10)17(19)20)16-11(2)13-5-3-4-6-15(13)18/h3-9,11,16,18H,1-2H3. The van der Waals surface area contributed by atoms with Crippen molar-refractivity contribution >= 4 is 11.4 Å². The quantitative estimate of drug-likeness (QED) is 0.656. The number of aryl methyl sites for hydroxylation is 1. The van der Waals surface area contributed by atoms with Crippen molar-refractivity contribution in [2.45, 2.75) is 19.9 Å². The van der Waals surface area contributed by atoms with Gasteiger partial charge in [-0.2, -0.15) is 0 Å². The van der Waals surface area contributed by atoms with Crippen LogP contribution in [-0.2, 0) is 0 Å². The number of nitrogens with one attached hydrogen (secondary N) is 1. The summed E-state index contributed by atoms with van der Waals surface area (Å²) in [5.74, 6) is 0.203. The van der Waals surface area contributed by atoms with E-state index in [0.29, 0.717) is 11.3 Å². The predicted octanol–water partition coefficient (Wildman–Crippen LogP) is 3.78. The minimum Gasteiger partial charge on any atom is -0.508 e. The number of rotatable bonds is 4. The van der Waals surface area contributed by atoms with E-state index in [4.69, 9.17) is 0 Å². The van der Waals surface area contributed by atoms with Crippen LogP contribution in [0.25, 0.3) is 0 Å². The van der Waals surface area contributed by atoms with Crippen molar-refractivity contribution in [3.8, 4) is 5.75 Å². The first-order valence-corrected chi connectivity index (χ1v) is 6.28. The molecular weight excluding hydrogens is 256 g/mol. The first-order chi connectivity index (χ1) is 9.49. The number of hydrogen-bond donors (Lipinski definition) is 2. The van der Waals surface area contributed by atoms with Gasteiger partial charge in [-0.15, -0.1) is 0 Å². The van der Waals surface area contributed by atoms with Gasteiger partial charge in [0.1, 0.15) is 5.75 Å². The fraction of sp³-hybridized carbons (Fsp3) is 0.200. The Balaban J connectivity index is 2.24. The molecule has 2 aromatic rings. The molecule has 0 aliphatic heterocycles. The Labute approximate surface area is 117 Å². The summed E-state index contributed by atoms with van der Waals surface area (Å²) in [7, 11) is 0. The number of phenols is 1. The van der Waals surface area contributed by atoms with Crippen molar-refractivity contribution in [1.82, 2.24) is 0 Å². The topological polar surface area (TPSA) is 75.4 Å². The molecule has 104 valence electrons. The molecule has 5 nitrogen and oxygen atoms in total. The van der Waals surface area contributed by atoms with Crippen molar-refractivity contribution in [2.24, 2.45) is 0 Å². The van der Waals surface area contributed by atoms with Crippen molar-refractivity contribution < 1.29 is 10.0 Å². The second-order valence-electron chi connectivity index (χ2n) is 4.68. The first kappa shape index (κ1) is 13.9. The number of nitro benzene ring substituents is 1. The average molecular weight is 272 g/mol. The van der Waals surface area contributed by atoms with Crippen LogP contribution in [0.1, 0.15) is 24.1 Å². The van der Waals surface area contributed by atoms with E-state index in [1.54, 1.807) is 31.2 Å². The molecule has 0 aromatic heterocycles. The third-order valence-electron chi connectivity index (χ3n) is 3.19. The zero-order valence-corrected chi connectivity index (χ0v) is 11.3. The van der Waals surface area contributed by atoms with E-state index in [2.05, 4.69) is 5.32 Å². The Kier molecular flexibility index (Phi) is 3.89. The molecule has 20 heavy (non-hydrogen) atoms. The van der Waals surface area contributed by atoms with E-state index in [1.807, 2.05) is 19.1 Å². The highest BCUT2D eigenvalue weighted by atomic mass is 16.6. The van der Waals surface area contributed by atoms with Gasteiger partial charge >= 0.3 is 0 Å². The highest BCUT2D eigenvalue weighted by molar-refractivity contribution is 5.56. The normalized spacial score (nSPS) is 11.9. The number of nitro groups is 1. The molecule has 0 amide bonds. The van der Waals surface area contributed by atoms with E-state index in [9.17, 15) is 15.2 Å². The highest BCUT2D eigenvalue weighted by Crippen LogP contribution is 2.28. The van der Waals surface area contributed by atoms with Gasteiger partial charge in [0.25, 0.3) is 5.69 Å². The maximum absolute atomic E-state index is 10.9. The lowest BCUT2D eigenvalue weighted by Crippen LogP contribution is -2.07. The Morgan fingerprint density at radius 1 is 1.25 bits per heavy atom. The van der Waals surface area contributed by atoms with E-state index in [-0.39, 0.29) is 17.5 Å². The molecule has 0 saturated heterocycles. The second kappa shape index (κ2) is 5.61. The molecule has 1 unspecified atom stereocenters. The van der Waals surface area contributed by atoms with Gasteiger partial charge in [0.2, 0.25) is 0 Å². The van der Waals surface area contributed by atoms with E-state index in [0.717, 1.165) is 5.56 Å². The number of para-hydroxylation sites is 1. The molecule has 2 aromatic carbocycles. The van der Waals surface area contributed by atoms with Gasteiger partial charge in [-0.05, 0) is 26.0 Å². The third-order valence-corrected chi connectivity index (χ3v) is 3.19. The van der Waals surface area contributed by atoms with Crippen molar-refractivity contribution in [2.75, 3.05) is 5.32 Å². The molecule has 0 aliphatic carbocycles. The minimum atomic E-state index is -0.398. The average Bonchev–Trinajstić information content (AvgIpc) is 2.41. The Bertz CT molecular complexity index is 641. The molecule has 1 atom stereocenters. The first-order valence-electron chi connectivity index (χ1n) is 6.28. The summed E-state index contributed by atoms with van der Waals surface area (Å²) in [6.07, 6.45) is 0. The Hall–Kier alpha value is -2.56. The van der Waals surface area contributed by atoms with Crippen molar-refractivity contribution in [3.63, 3.8) is 0 Å². The molecule has 5 heteroatoms. The van der Waals surface area contributed by atoms with Gasteiger partial charge < -0.3 is 10.4 Å². The zero-order valence-electron chi connectivity index (χ0n) is 11.3. The summed E-state index contributed by atoms with van der Waals surface area (Å²) in [5.41, 5.74) is 2.10. The van der Waals surface area contributed by atoms with Gasteiger partial charge in [0.15, 0.2) is 0 Å². The lowest BCUT2D eigenvalue weighted by atomic mass is 10.1. The maximum Gasteiger partial charge on any atom is 0.274 e. The summed E-state index contributed by atoms with van der Waals surface area (Å²) in [4.78, 5) is 10.5. The van der Waals surface area contributed by atoms with Gasteiger partial charge in [-0.3, -0.25) is 10.1 Å². The Morgan fingerprint density at radius 2 is 1.95 bits per heavy atom. The number of hydrogen-bond acceptors (Lipinski definition) is 4. The molecule has 0 fully saturated rings. The fourth-order valence-electron chi connectivity index (χ4n) is 2.08. The summed E-state index contributed by atoms with van der Waals surface area (Å²) in [6, 6.07) is 11.9. The largest absolute Gasteiger partial charge is 0.508 e. The van der Waals surface area contributed by atoms with E-state index in [1.165, 1.54) is 6.07 Å². The monoisotopic (exact) mass is 272 g/mol. The van der Waals surface area contributed by atoms with Crippen molar-refractivity contribution in [1.29, 1.82) is 0 Å². The van der Waals surface area contributed by atoms with Crippen LogP contribution in [0.15, 0.2) is 42.5 Å². The summed E-state index contributed by atoms with van der Waals surface area (Å²) in [6.45, 7) is 3.59. The van der Waals surface area contributed by atoms with Crippen LogP contribution in [0.5, 0.6) is 5.75 Å². The Morgan fingerprint density at radius 3 is 2.60 bits per heavy atom. The van der Waals surface area contributed by atoms with Gasteiger partial charge in [-0.25, -0.2) is 0 Å². The molecular formula is C15H16N2O3. The van der Waals surface area contributed by atoms with Crippen LogP contribution in [0.3, 0.4) is 0 Å². The second-order valence-corrected chi connectivity index (χ2v) is 4.68. The van der Waals surface area contributed by atoms with Crippen LogP contribution in [0.4, 0.5) is 11.4 Å². The summed E-state index contributed by atoms with van der Waals surface area (Å²) < 4.78 is 0. The summed E-state index contributed by atoms with van der Waals surface area (Å²) >= 11 is 0. The molecule has 0 saturated carbocycles. The number of phenolic OH excluding ortho intramolecular Hbond substituents is 1. The lowest BCUT2D eigenvalue weighted by Gasteiger charge is -2.17. The van der Waals surface area contributed by atoms with Crippen LogP contribution < -0.4 is 5.32 Å². The number of benzene rings is 2. The molecule has 2 N–H and O–H groups in total. The smallest absolute Gasteiger partial charge is 0.274 e. The number of nitrogens with zero attached hydrogens (tertiary/aromatic N) is 1. The van der Waals surface area contributed by atoms with Crippen molar-refractivity contribution in [3.05, 3.63) is 63.7 Å². The molecule has 0 radical (unpaired) electrons. The van der Waals surface area contributed by atoms with Gasteiger partial charge in [0.05, 0.1) is 11.0 Å².